The zero-order valence-electron chi connectivity index (χ0n) is 11.8. The number of nitrogens with two attached hydrogens (primary N) is 1. The lowest BCUT2D eigenvalue weighted by Gasteiger charge is -2.05. The summed E-state index contributed by atoms with van der Waals surface area (Å²) in [5, 5.41) is 11.5. The van der Waals surface area contributed by atoms with Crippen LogP contribution in [0.2, 0.25) is 0 Å². The van der Waals surface area contributed by atoms with Crippen LogP contribution < -0.4 is 10.5 Å². The summed E-state index contributed by atoms with van der Waals surface area (Å²) in [6, 6.07) is 0. The van der Waals surface area contributed by atoms with Crippen LogP contribution in [-0.2, 0) is 23.1 Å². The molecule has 2 heterocycles. The summed E-state index contributed by atoms with van der Waals surface area (Å²) >= 11 is 0. The van der Waals surface area contributed by atoms with Crippen LogP contribution in [0.25, 0.3) is 0 Å². The summed E-state index contributed by atoms with van der Waals surface area (Å²) in [5.74, 6) is 0.0206. The van der Waals surface area contributed by atoms with Gasteiger partial charge in [0, 0.05) is 32.0 Å². The molecule has 0 fully saturated rings. The van der Waals surface area contributed by atoms with Crippen LogP contribution in [0.15, 0.2) is 23.5 Å². The van der Waals surface area contributed by atoms with Gasteiger partial charge in [-0.05, 0) is 12.8 Å². The van der Waals surface area contributed by atoms with E-state index in [1.54, 1.807) is 21.8 Å². The largest absolute Gasteiger partial charge is 0.381 e. The molecule has 0 aliphatic carbocycles. The van der Waals surface area contributed by atoms with Gasteiger partial charge in [-0.15, -0.1) is 5.10 Å². The van der Waals surface area contributed by atoms with Crippen LogP contribution in [-0.4, -0.2) is 39.7 Å². The van der Waals surface area contributed by atoms with Gasteiger partial charge in [0.05, 0.1) is 6.20 Å². The first-order valence-corrected chi connectivity index (χ1v) is 8.18. The number of anilines is 1. The summed E-state index contributed by atoms with van der Waals surface area (Å²) in [6.45, 7) is 3.49. The molecule has 3 N–H and O–H groups in total. The molecule has 0 aliphatic heterocycles. The van der Waals surface area contributed by atoms with Crippen molar-refractivity contribution in [1.29, 1.82) is 0 Å². The maximum atomic E-state index is 12.2. The van der Waals surface area contributed by atoms with Crippen molar-refractivity contribution in [3.63, 3.8) is 0 Å². The number of hydrogen-bond donors (Lipinski definition) is 2. The molecule has 2 aromatic rings. The summed E-state index contributed by atoms with van der Waals surface area (Å²) in [6.07, 6.45) is 6.21. The van der Waals surface area contributed by atoms with Crippen molar-refractivity contribution >= 4 is 15.8 Å². The van der Waals surface area contributed by atoms with E-state index in [1.165, 1.54) is 6.20 Å². The summed E-state index contributed by atoms with van der Waals surface area (Å²) in [4.78, 5) is 0.0247. The van der Waals surface area contributed by atoms with E-state index in [0.29, 0.717) is 26.1 Å². The van der Waals surface area contributed by atoms with Crippen LogP contribution >= 0.6 is 0 Å². The minimum absolute atomic E-state index is 0.0206. The molecule has 0 unspecified atom stereocenters. The molecule has 0 spiro atoms. The Labute approximate surface area is 123 Å². The van der Waals surface area contributed by atoms with E-state index in [4.69, 9.17) is 5.73 Å². The third-order valence-electron chi connectivity index (χ3n) is 2.83. The fourth-order valence-corrected chi connectivity index (χ4v) is 2.99. The Hall–Kier alpha value is -1.94. The first kappa shape index (κ1) is 15.4. The smallest absolute Gasteiger partial charge is 0.245 e. The first-order chi connectivity index (χ1) is 10.0. The predicted octanol–water partition coefficient (Wildman–Crippen LogP) is -0.165. The van der Waals surface area contributed by atoms with Gasteiger partial charge in [-0.25, -0.2) is 13.1 Å². The van der Waals surface area contributed by atoms with Gasteiger partial charge in [-0.3, -0.25) is 9.36 Å². The molecule has 0 radical (unpaired) electrons. The highest BCUT2D eigenvalue weighted by Gasteiger charge is 2.20. The molecular formula is C11H19N7O2S. The van der Waals surface area contributed by atoms with E-state index >= 15 is 0 Å². The number of sulfonamides is 1. The molecule has 0 aromatic carbocycles. The van der Waals surface area contributed by atoms with Gasteiger partial charge in [0.1, 0.15) is 4.90 Å². The second-order valence-corrected chi connectivity index (χ2v) is 6.29. The molecule has 21 heavy (non-hydrogen) atoms. The monoisotopic (exact) mass is 313 g/mol. The third-order valence-corrected chi connectivity index (χ3v) is 4.30. The number of nitrogens with one attached hydrogen (secondary N) is 1. The van der Waals surface area contributed by atoms with Crippen LogP contribution in [0.4, 0.5) is 5.82 Å². The lowest BCUT2D eigenvalue weighted by atomic mass is 10.4. The number of hydrogen-bond acceptors (Lipinski definition) is 6. The number of nitrogen functional groups attached to an aromatic ring is 1. The first-order valence-electron chi connectivity index (χ1n) is 6.69. The molecule has 10 heteroatoms. The van der Waals surface area contributed by atoms with Crippen molar-refractivity contribution in [3.05, 3.63) is 18.6 Å². The van der Waals surface area contributed by atoms with Gasteiger partial charge >= 0.3 is 0 Å². The lowest BCUT2D eigenvalue weighted by molar-refractivity contribution is 0.542. The number of aryl methyl sites for hydroxylation is 2. The van der Waals surface area contributed by atoms with E-state index in [2.05, 4.69) is 20.1 Å². The summed E-state index contributed by atoms with van der Waals surface area (Å²) in [5.41, 5.74) is 5.67. The van der Waals surface area contributed by atoms with Gasteiger partial charge in [-0.1, -0.05) is 12.1 Å². The van der Waals surface area contributed by atoms with Gasteiger partial charge in [0.25, 0.3) is 0 Å². The standard InChI is InChI=1S/C11H19N7O2S/c1-2-6-18-9-10(11(12)15-18)21(19,20)14-4-3-7-17-8-5-13-16-17/h5,8-9,14H,2-4,6-7H2,1H3,(H2,12,15). The molecule has 116 valence electrons. The molecule has 0 saturated carbocycles. The van der Waals surface area contributed by atoms with E-state index in [-0.39, 0.29) is 10.7 Å². The number of aromatic nitrogens is 5. The number of nitrogens with zero attached hydrogens (tertiary/aromatic N) is 5. The van der Waals surface area contributed by atoms with Crippen LogP contribution in [0.3, 0.4) is 0 Å². The lowest BCUT2D eigenvalue weighted by Crippen LogP contribution is -2.26. The van der Waals surface area contributed by atoms with E-state index in [0.717, 1.165) is 6.42 Å². The SMILES string of the molecule is CCCn1cc(S(=O)(=O)NCCCn2ccnn2)c(N)n1. The predicted molar refractivity (Wildman–Crippen MR) is 76.8 cm³/mol. The number of rotatable bonds is 8. The molecule has 0 aliphatic rings. The normalized spacial score (nSPS) is 11.9. The van der Waals surface area contributed by atoms with Gasteiger partial charge in [-0.2, -0.15) is 5.10 Å². The molecule has 0 saturated heterocycles. The van der Waals surface area contributed by atoms with E-state index in [9.17, 15) is 8.42 Å². The summed E-state index contributed by atoms with van der Waals surface area (Å²) in [7, 11) is -3.63. The molecule has 0 bridgehead atoms. The fourth-order valence-electron chi connectivity index (χ4n) is 1.85. The van der Waals surface area contributed by atoms with Crippen LogP contribution in [0.1, 0.15) is 19.8 Å². The second kappa shape index (κ2) is 6.68. The van der Waals surface area contributed by atoms with Gasteiger partial charge in [0.2, 0.25) is 10.0 Å². The molecule has 9 nitrogen and oxygen atoms in total. The maximum Gasteiger partial charge on any atom is 0.245 e. The zero-order valence-corrected chi connectivity index (χ0v) is 12.6. The van der Waals surface area contributed by atoms with E-state index in [1.807, 2.05) is 6.92 Å². The van der Waals surface area contributed by atoms with Crippen LogP contribution in [0.5, 0.6) is 0 Å². The topological polar surface area (TPSA) is 121 Å². The molecule has 2 aromatic heterocycles. The Kier molecular flexibility index (Phi) is 4.91. The minimum Gasteiger partial charge on any atom is -0.381 e. The Balaban J connectivity index is 1.91. The van der Waals surface area contributed by atoms with Gasteiger partial charge < -0.3 is 5.73 Å². The zero-order chi connectivity index (χ0) is 15.3. The van der Waals surface area contributed by atoms with Crippen molar-refractivity contribution in [3.8, 4) is 0 Å². The average molecular weight is 313 g/mol. The van der Waals surface area contributed by atoms with Crippen molar-refractivity contribution in [2.24, 2.45) is 0 Å². The fraction of sp³-hybridized carbons (Fsp3) is 0.545. The van der Waals surface area contributed by atoms with E-state index < -0.39 is 10.0 Å². The Morgan fingerprint density at radius 2 is 2.14 bits per heavy atom. The van der Waals surface area contributed by atoms with Crippen molar-refractivity contribution in [2.45, 2.75) is 37.8 Å². The Morgan fingerprint density at radius 3 is 2.81 bits per heavy atom. The van der Waals surface area contributed by atoms with Gasteiger partial charge in [0.15, 0.2) is 5.82 Å². The van der Waals surface area contributed by atoms with Crippen molar-refractivity contribution in [2.75, 3.05) is 12.3 Å². The molecule has 0 atom stereocenters. The van der Waals surface area contributed by atoms with Crippen LogP contribution in [0, 0.1) is 0 Å². The average Bonchev–Trinajstić information content (AvgIpc) is 3.05. The highest BCUT2D eigenvalue weighted by Crippen LogP contribution is 2.16. The third kappa shape index (κ3) is 4.02. The minimum atomic E-state index is -3.63. The van der Waals surface area contributed by atoms with Crippen molar-refractivity contribution < 1.29 is 8.42 Å². The molecule has 2 rings (SSSR count). The highest BCUT2D eigenvalue weighted by atomic mass is 32.2. The highest BCUT2D eigenvalue weighted by molar-refractivity contribution is 7.89. The molecule has 0 amide bonds. The Bertz CT molecular complexity index is 663. The van der Waals surface area contributed by atoms with Crippen molar-refractivity contribution in [1.82, 2.24) is 29.5 Å². The Morgan fingerprint density at radius 1 is 1.33 bits per heavy atom. The second-order valence-electron chi connectivity index (χ2n) is 4.56. The quantitative estimate of drug-likeness (QED) is 0.653. The summed E-state index contributed by atoms with van der Waals surface area (Å²) < 4.78 is 30.0. The molecular weight excluding hydrogens is 294 g/mol. The maximum absolute atomic E-state index is 12.2.